The van der Waals surface area contributed by atoms with Gasteiger partial charge in [0.05, 0.1) is 7.11 Å². The topological polar surface area (TPSA) is 21.3 Å². The van der Waals surface area contributed by atoms with Crippen molar-refractivity contribution < 1.29 is 4.74 Å². The number of rotatable bonds is 6. The third kappa shape index (κ3) is 4.54. The molecular formula is C17H27NO. The molecule has 2 heteroatoms. The van der Waals surface area contributed by atoms with Gasteiger partial charge < -0.3 is 10.1 Å². The number of methoxy groups -OCH3 is 1. The molecule has 106 valence electrons. The highest BCUT2D eigenvalue weighted by Crippen LogP contribution is 2.26. The molecule has 2 nitrogen and oxygen atoms in total. The van der Waals surface area contributed by atoms with Crippen LogP contribution < -0.4 is 10.1 Å². The van der Waals surface area contributed by atoms with Crippen LogP contribution in [0.5, 0.6) is 5.75 Å². The molecule has 1 N–H and O–H groups in total. The van der Waals surface area contributed by atoms with Gasteiger partial charge in [-0.25, -0.2) is 0 Å². The van der Waals surface area contributed by atoms with E-state index in [1.165, 1.54) is 37.7 Å². The van der Waals surface area contributed by atoms with Gasteiger partial charge in [0.2, 0.25) is 0 Å². The van der Waals surface area contributed by atoms with Gasteiger partial charge in [0.15, 0.2) is 0 Å². The second kappa shape index (κ2) is 7.54. The highest BCUT2D eigenvalue weighted by Gasteiger charge is 2.19. The van der Waals surface area contributed by atoms with Gasteiger partial charge in [0.1, 0.15) is 5.75 Å². The Morgan fingerprint density at radius 2 is 1.84 bits per heavy atom. The van der Waals surface area contributed by atoms with E-state index in [0.717, 1.165) is 24.6 Å². The Balaban J connectivity index is 1.69. The predicted octanol–water partition coefficient (Wildman–Crippen LogP) is 3.80. The number of hydrogen-bond donors (Lipinski definition) is 1. The van der Waals surface area contributed by atoms with E-state index in [0.29, 0.717) is 6.04 Å². The second-order valence-corrected chi connectivity index (χ2v) is 5.74. The molecule has 19 heavy (non-hydrogen) atoms. The van der Waals surface area contributed by atoms with E-state index in [1.54, 1.807) is 7.11 Å². The number of benzene rings is 1. The molecule has 0 aromatic heterocycles. The first kappa shape index (κ1) is 14.4. The Bertz CT molecular complexity index is 354. The summed E-state index contributed by atoms with van der Waals surface area (Å²) in [4.78, 5) is 0. The molecule has 1 aromatic rings. The molecule has 0 spiro atoms. The average molecular weight is 261 g/mol. The van der Waals surface area contributed by atoms with Crippen molar-refractivity contribution in [2.24, 2.45) is 5.92 Å². The van der Waals surface area contributed by atoms with Gasteiger partial charge in [-0.1, -0.05) is 31.4 Å². The predicted molar refractivity (Wildman–Crippen MR) is 80.7 cm³/mol. The third-order valence-electron chi connectivity index (χ3n) is 4.40. The van der Waals surface area contributed by atoms with Crippen molar-refractivity contribution in [3.63, 3.8) is 0 Å². The number of nitrogens with one attached hydrogen (secondary N) is 1. The van der Waals surface area contributed by atoms with E-state index in [-0.39, 0.29) is 0 Å². The first-order valence-electron chi connectivity index (χ1n) is 7.66. The lowest BCUT2D eigenvalue weighted by atomic mass is 9.84. The molecule has 2 rings (SSSR count). The summed E-state index contributed by atoms with van der Waals surface area (Å²) in [5, 5.41) is 3.70. The van der Waals surface area contributed by atoms with E-state index in [9.17, 15) is 0 Å². The maximum absolute atomic E-state index is 5.18. The third-order valence-corrected chi connectivity index (χ3v) is 4.40. The van der Waals surface area contributed by atoms with Crippen LogP contribution >= 0.6 is 0 Å². The monoisotopic (exact) mass is 261 g/mol. The molecule has 1 aliphatic rings. The van der Waals surface area contributed by atoms with Crippen molar-refractivity contribution in [1.29, 1.82) is 0 Å². The summed E-state index contributed by atoms with van der Waals surface area (Å²) >= 11 is 0. The van der Waals surface area contributed by atoms with Crippen molar-refractivity contribution in [3.8, 4) is 5.75 Å². The van der Waals surface area contributed by atoms with Gasteiger partial charge in [0.25, 0.3) is 0 Å². The average Bonchev–Trinajstić information content (AvgIpc) is 2.49. The molecule has 1 aliphatic carbocycles. The summed E-state index contributed by atoms with van der Waals surface area (Å²) in [6.07, 6.45) is 8.22. The highest BCUT2D eigenvalue weighted by atomic mass is 16.5. The first-order chi connectivity index (χ1) is 9.29. The molecule has 1 saturated carbocycles. The molecule has 1 aromatic carbocycles. The summed E-state index contributed by atoms with van der Waals surface area (Å²) < 4.78 is 5.18. The minimum Gasteiger partial charge on any atom is -0.497 e. The van der Waals surface area contributed by atoms with Crippen molar-refractivity contribution >= 4 is 0 Å². The normalized spacial score (nSPS) is 18.2. The fourth-order valence-electron chi connectivity index (χ4n) is 3.04. The van der Waals surface area contributed by atoms with Crippen LogP contribution in [-0.2, 0) is 6.42 Å². The number of ether oxygens (including phenoxy) is 1. The lowest BCUT2D eigenvalue weighted by Gasteiger charge is -2.28. The summed E-state index contributed by atoms with van der Waals surface area (Å²) in [6, 6.07) is 9.07. The van der Waals surface area contributed by atoms with Gasteiger partial charge in [-0.2, -0.15) is 0 Å². The van der Waals surface area contributed by atoms with E-state index in [1.807, 2.05) is 12.1 Å². The van der Waals surface area contributed by atoms with Crippen LogP contribution in [0.3, 0.4) is 0 Å². The zero-order valence-corrected chi connectivity index (χ0v) is 12.3. The molecule has 1 atom stereocenters. The molecule has 0 radical (unpaired) electrons. The zero-order chi connectivity index (χ0) is 13.5. The largest absolute Gasteiger partial charge is 0.497 e. The van der Waals surface area contributed by atoms with Crippen LogP contribution in [0.1, 0.15) is 44.6 Å². The van der Waals surface area contributed by atoms with Gasteiger partial charge in [-0.3, -0.25) is 0 Å². The van der Waals surface area contributed by atoms with Crippen LogP contribution in [0.4, 0.5) is 0 Å². The van der Waals surface area contributed by atoms with E-state index in [4.69, 9.17) is 4.74 Å². The SMILES string of the molecule is COc1ccc(CCN[C@H](C)C2CCCCC2)cc1. The summed E-state index contributed by atoms with van der Waals surface area (Å²) in [7, 11) is 1.71. The van der Waals surface area contributed by atoms with Gasteiger partial charge in [-0.15, -0.1) is 0 Å². The molecule has 0 unspecified atom stereocenters. The molecule has 0 amide bonds. The lowest BCUT2D eigenvalue weighted by Crippen LogP contribution is -2.35. The lowest BCUT2D eigenvalue weighted by molar-refractivity contribution is 0.283. The maximum Gasteiger partial charge on any atom is 0.118 e. The van der Waals surface area contributed by atoms with E-state index in [2.05, 4.69) is 24.4 Å². The Kier molecular flexibility index (Phi) is 5.71. The van der Waals surface area contributed by atoms with Crippen LogP contribution in [0.25, 0.3) is 0 Å². The van der Waals surface area contributed by atoms with Crippen LogP contribution in [-0.4, -0.2) is 19.7 Å². The Morgan fingerprint density at radius 1 is 1.16 bits per heavy atom. The van der Waals surface area contributed by atoms with Gasteiger partial charge in [0, 0.05) is 6.04 Å². The Morgan fingerprint density at radius 3 is 2.47 bits per heavy atom. The standard InChI is InChI=1S/C17H27NO/c1-14(16-6-4-3-5-7-16)18-13-12-15-8-10-17(19-2)11-9-15/h8-11,14,16,18H,3-7,12-13H2,1-2H3/t14-/m1/s1. The van der Waals surface area contributed by atoms with Crippen molar-refractivity contribution in [3.05, 3.63) is 29.8 Å². The van der Waals surface area contributed by atoms with Crippen LogP contribution in [0.15, 0.2) is 24.3 Å². The summed E-state index contributed by atoms with van der Waals surface area (Å²) in [6.45, 7) is 3.42. The van der Waals surface area contributed by atoms with Gasteiger partial charge >= 0.3 is 0 Å². The molecule has 0 aliphatic heterocycles. The smallest absolute Gasteiger partial charge is 0.118 e. The van der Waals surface area contributed by atoms with Crippen molar-refractivity contribution in [1.82, 2.24) is 5.32 Å². The fourth-order valence-corrected chi connectivity index (χ4v) is 3.04. The number of hydrogen-bond acceptors (Lipinski definition) is 2. The quantitative estimate of drug-likeness (QED) is 0.841. The molecule has 1 fully saturated rings. The molecule has 0 heterocycles. The zero-order valence-electron chi connectivity index (χ0n) is 12.3. The van der Waals surface area contributed by atoms with Crippen molar-refractivity contribution in [2.45, 2.75) is 51.5 Å². The summed E-state index contributed by atoms with van der Waals surface area (Å²) in [5.74, 6) is 1.83. The molecule has 0 saturated heterocycles. The van der Waals surface area contributed by atoms with Crippen molar-refractivity contribution in [2.75, 3.05) is 13.7 Å². The fraction of sp³-hybridized carbons (Fsp3) is 0.647. The summed E-state index contributed by atoms with van der Waals surface area (Å²) in [5.41, 5.74) is 1.38. The molecule has 0 bridgehead atoms. The van der Waals surface area contributed by atoms with Gasteiger partial charge in [-0.05, 0) is 56.3 Å². The Hall–Kier alpha value is -1.02. The van der Waals surface area contributed by atoms with Crippen LogP contribution in [0, 0.1) is 5.92 Å². The van der Waals surface area contributed by atoms with Crippen LogP contribution in [0.2, 0.25) is 0 Å². The Labute approximate surface area is 117 Å². The first-order valence-corrected chi connectivity index (χ1v) is 7.66. The maximum atomic E-state index is 5.18. The minimum atomic E-state index is 0.665. The van der Waals surface area contributed by atoms with E-state index < -0.39 is 0 Å². The molecular weight excluding hydrogens is 234 g/mol. The minimum absolute atomic E-state index is 0.665. The second-order valence-electron chi connectivity index (χ2n) is 5.74. The highest BCUT2D eigenvalue weighted by molar-refractivity contribution is 5.27. The van der Waals surface area contributed by atoms with E-state index >= 15 is 0 Å².